The van der Waals surface area contributed by atoms with Crippen molar-refractivity contribution >= 4 is 29.2 Å². The molecule has 0 radical (unpaired) electrons. The molecule has 22 heavy (non-hydrogen) atoms. The van der Waals surface area contributed by atoms with Gasteiger partial charge in [0.25, 0.3) is 0 Å². The lowest BCUT2D eigenvalue weighted by Crippen LogP contribution is -2.30. The highest BCUT2D eigenvalue weighted by atomic mass is 35.5. The first kappa shape index (κ1) is 15.4. The zero-order valence-electron chi connectivity index (χ0n) is 12.1. The molecule has 0 aliphatic carbocycles. The Morgan fingerprint density at radius 1 is 1.00 bits per heavy atom. The number of rotatable bonds is 2. The summed E-state index contributed by atoms with van der Waals surface area (Å²) in [6.07, 6.45) is 0.436. The van der Waals surface area contributed by atoms with E-state index in [-0.39, 0.29) is 23.9 Å². The molecule has 1 aliphatic rings. The summed E-state index contributed by atoms with van der Waals surface area (Å²) in [7, 11) is 0. The van der Waals surface area contributed by atoms with Gasteiger partial charge in [0, 0.05) is 16.0 Å². The van der Waals surface area contributed by atoms with E-state index in [2.05, 4.69) is 0 Å². The molecule has 1 saturated heterocycles. The molecule has 1 heterocycles. The summed E-state index contributed by atoms with van der Waals surface area (Å²) >= 11 is 12.1. The van der Waals surface area contributed by atoms with Crippen molar-refractivity contribution in [1.29, 1.82) is 0 Å². The van der Waals surface area contributed by atoms with Crippen LogP contribution in [0, 0.1) is 5.92 Å². The van der Waals surface area contributed by atoms with E-state index in [1.807, 2.05) is 55.5 Å². The van der Waals surface area contributed by atoms with Gasteiger partial charge in [-0.05, 0) is 41.8 Å². The van der Waals surface area contributed by atoms with Crippen LogP contribution in [0.4, 0.5) is 0 Å². The summed E-state index contributed by atoms with van der Waals surface area (Å²) in [5.41, 5.74) is 2.04. The second-order valence-corrected chi connectivity index (χ2v) is 6.58. The molecule has 0 N–H and O–H groups in total. The maximum Gasteiger partial charge on any atom is 0.309 e. The normalized spacial score (nSPS) is 24.9. The van der Waals surface area contributed by atoms with E-state index in [1.165, 1.54) is 0 Å². The van der Waals surface area contributed by atoms with Crippen molar-refractivity contribution in [3.05, 3.63) is 69.7 Å². The van der Waals surface area contributed by atoms with Gasteiger partial charge in [0.2, 0.25) is 0 Å². The maximum absolute atomic E-state index is 12.0. The van der Waals surface area contributed by atoms with Gasteiger partial charge in [0.05, 0.1) is 5.92 Å². The smallest absolute Gasteiger partial charge is 0.309 e. The summed E-state index contributed by atoms with van der Waals surface area (Å²) in [5, 5.41) is 1.36. The van der Waals surface area contributed by atoms with Crippen LogP contribution in [0.25, 0.3) is 0 Å². The Morgan fingerprint density at radius 2 is 1.73 bits per heavy atom. The van der Waals surface area contributed by atoms with Crippen LogP contribution < -0.4 is 0 Å². The second-order valence-electron chi connectivity index (χ2n) is 5.71. The Morgan fingerprint density at radius 3 is 2.41 bits per heavy atom. The van der Waals surface area contributed by atoms with Crippen LogP contribution in [0.15, 0.2) is 48.5 Å². The number of esters is 1. The van der Waals surface area contributed by atoms with E-state index in [4.69, 9.17) is 27.9 Å². The highest BCUT2D eigenvalue weighted by Gasteiger charge is 2.37. The third kappa shape index (κ3) is 3.13. The molecular weight excluding hydrogens is 319 g/mol. The Balaban J connectivity index is 1.99. The molecule has 2 nitrogen and oxygen atoms in total. The third-order valence-electron chi connectivity index (χ3n) is 4.09. The molecule has 4 heteroatoms. The van der Waals surface area contributed by atoms with E-state index >= 15 is 0 Å². The first-order chi connectivity index (χ1) is 10.5. The molecule has 0 unspecified atom stereocenters. The van der Waals surface area contributed by atoms with E-state index in [9.17, 15) is 4.79 Å². The average Bonchev–Trinajstić information content (AvgIpc) is 2.50. The fourth-order valence-corrected chi connectivity index (χ4v) is 3.25. The minimum atomic E-state index is -0.306. The summed E-state index contributed by atoms with van der Waals surface area (Å²) < 4.78 is 5.71. The van der Waals surface area contributed by atoms with E-state index in [1.54, 1.807) is 0 Å². The van der Waals surface area contributed by atoms with Gasteiger partial charge in [-0.3, -0.25) is 4.79 Å². The summed E-state index contributed by atoms with van der Waals surface area (Å²) in [6.45, 7) is 1.90. The summed E-state index contributed by atoms with van der Waals surface area (Å²) in [6, 6.07) is 15.2. The number of hydrogen-bond donors (Lipinski definition) is 0. The van der Waals surface area contributed by atoms with Gasteiger partial charge in [-0.15, -0.1) is 0 Å². The van der Waals surface area contributed by atoms with Crippen LogP contribution >= 0.6 is 23.2 Å². The van der Waals surface area contributed by atoms with Gasteiger partial charge in [0.1, 0.15) is 6.10 Å². The fourth-order valence-electron chi connectivity index (χ4n) is 2.93. The number of carbonyl (C=O) groups excluding carboxylic acids is 1. The van der Waals surface area contributed by atoms with Crippen molar-refractivity contribution in [2.45, 2.75) is 25.4 Å². The first-order valence-corrected chi connectivity index (χ1v) is 8.01. The number of halogens is 2. The SMILES string of the molecule is C[C@@H]1C[C@@H](c2cccc(Cl)c2)[C@@H](c2ccc(Cl)cc2)OC1=O. The molecule has 3 rings (SSSR count). The van der Waals surface area contributed by atoms with Crippen LogP contribution in [-0.2, 0) is 9.53 Å². The Bertz CT molecular complexity index is 682. The number of cyclic esters (lactones) is 1. The van der Waals surface area contributed by atoms with Gasteiger partial charge in [0.15, 0.2) is 0 Å². The molecule has 0 aromatic heterocycles. The van der Waals surface area contributed by atoms with Crippen molar-refractivity contribution in [2.75, 3.05) is 0 Å². The molecule has 0 bridgehead atoms. The van der Waals surface area contributed by atoms with Crippen LogP contribution in [-0.4, -0.2) is 5.97 Å². The van der Waals surface area contributed by atoms with Gasteiger partial charge >= 0.3 is 5.97 Å². The third-order valence-corrected chi connectivity index (χ3v) is 4.58. The molecule has 0 amide bonds. The first-order valence-electron chi connectivity index (χ1n) is 7.26. The number of benzene rings is 2. The monoisotopic (exact) mass is 334 g/mol. The van der Waals surface area contributed by atoms with Crippen molar-refractivity contribution < 1.29 is 9.53 Å². The molecular formula is C18H16Cl2O2. The lowest BCUT2D eigenvalue weighted by molar-refractivity contribution is -0.162. The second kappa shape index (κ2) is 6.31. The standard InChI is InChI=1S/C18H16Cl2O2/c1-11-9-16(13-3-2-4-15(20)10-13)17(22-18(11)21)12-5-7-14(19)8-6-12/h2-8,10-11,16-17H,9H2,1H3/t11-,16+,17-/m1/s1. The highest BCUT2D eigenvalue weighted by molar-refractivity contribution is 6.30. The molecule has 0 saturated carbocycles. The van der Waals surface area contributed by atoms with Crippen molar-refractivity contribution in [3.63, 3.8) is 0 Å². The van der Waals surface area contributed by atoms with E-state index in [0.29, 0.717) is 10.0 Å². The molecule has 3 atom stereocenters. The van der Waals surface area contributed by atoms with Gasteiger partial charge in [-0.1, -0.05) is 54.4 Å². The van der Waals surface area contributed by atoms with Crippen LogP contribution in [0.3, 0.4) is 0 Å². The molecule has 2 aromatic rings. The zero-order chi connectivity index (χ0) is 15.7. The van der Waals surface area contributed by atoms with Gasteiger partial charge in [-0.25, -0.2) is 0 Å². The molecule has 1 aliphatic heterocycles. The fraction of sp³-hybridized carbons (Fsp3) is 0.278. The van der Waals surface area contributed by atoms with Gasteiger partial charge in [-0.2, -0.15) is 0 Å². The molecule has 114 valence electrons. The molecule has 1 fully saturated rings. The number of carbonyl (C=O) groups is 1. The summed E-state index contributed by atoms with van der Waals surface area (Å²) in [5.74, 6) is -0.182. The van der Waals surface area contributed by atoms with Crippen LogP contribution in [0.1, 0.15) is 36.5 Å². The lowest BCUT2D eigenvalue weighted by Gasteiger charge is -2.35. The number of ether oxygens (including phenoxy) is 1. The quantitative estimate of drug-likeness (QED) is 0.687. The average molecular weight is 335 g/mol. The van der Waals surface area contributed by atoms with Crippen LogP contribution in [0.5, 0.6) is 0 Å². The van der Waals surface area contributed by atoms with Crippen molar-refractivity contribution in [1.82, 2.24) is 0 Å². The highest BCUT2D eigenvalue weighted by Crippen LogP contribution is 2.43. The predicted octanol–water partition coefficient (Wildman–Crippen LogP) is 5.40. The molecule has 0 spiro atoms. The van der Waals surface area contributed by atoms with E-state index in [0.717, 1.165) is 17.5 Å². The minimum absolute atomic E-state index is 0.0903. The Hall–Kier alpha value is -1.51. The van der Waals surface area contributed by atoms with Gasteiger partial charge < -0.3 is 4.74 Å². The lowest BCUT2D eigenvalue weighted by atomic mass is 9.80. The zero-order valence-corrected chi connectivity index (χ0v) is 13.6. The minimum Gasteiger partial charge on any atom is -0.457 e. The summed E-state index contributed by atoms with van der Waals surface area (Å²) in [4.78, 5) is 12.0. The Kier molecular flexibility index (Phi) is 4.42. The molecule has 2 aromatic carbocycles. The van der Waals surface area contributed by atoms with Crippen molar-refractivity contribution in [2.24, 2.45) is 5.92 Å². The number of hydrogen-bond acceptors (Lipinski definition) is 2. The van der Waals surface area contributed by atoms with Crippen molar-refractivity contribution in [3.8, 4) is 0 Å². The largest absolute Gasteiger partial charge is 0.457 e. The topological polar surface area (TPSA) is 26.3 Å². The predicted molar refractivity (Wildman–Crippen MR) is 88.3 cm³/mol. The Labute approximate surface area is 140 Å². The van der Waals surface area contributed by atoms with E-state index < -0.39 is 0 Å². The maximum atomic E-state index is 12.0. The van der Waals surface area contributed by atoms with Crippen LogP contribution in [0.2, 0.25) is 10.0 Å².